The van der Waals surface area contributed by atoms with Crippen molar-refractivity contribution in [2.75, 3.05) is 32.2 Å². The number of aliphatic hydroxyl groups excluding tert-OH is 1. The number of anilines is 1. The molecular formula is C26H29F4N5O3. The van der Waals surface area contributed by atoms with Crippen molar-refractivity contribution >= 4 is 22.8 Å². The van der Waals surface area contributed by atoms with E-state index in [0.29, 0.717) is 48.7 Å². The maximum Gasteiger partial charge on any atom is 0.301 e. The van der Waals surface area contributed by atoms with Gasteiger partial charge in [0.15, 0.2) is 12.3 Å². The molecule has 38 heavy (non-hydrogen) atoms. The molecule has 0 bridgehead atoms. The van der Waals surface area contributed by atoms with Crippen LogP contribution in [0.3, 0.4) is 0 Å². The second kappa shape index (κ2) is 11.1. The summed E-state index contributed by atoms with van der Waals surface area (Å²) >= 11 is 0. The molecule has 2 atom stereocenters. The largest absolute Gasteiger partial charge is 0.481 e. The van der Waals surface area contributed by atoms with Gasteiger partial charge in [-0.2, -0.15) is 13.8 Å². The normalized spacial score (nSPS) is 16.4. The number of benzene rings is 1. The molecule has 0 saturated carbocycles. The number of carbonyl (C=O) groups is 1. The number of halogens is 4. The van der Waals surface area contributed by atoms with E-state index in [-0.39, 0.29) is 11.5 Å². The van der Waals surface area contributed by atoms with Crippen molar-refractivity contribution in [3.8, 4) is 5.88 Å². The number of hydrogen-bond acceptors (Lipinski definition) is 7. The van der Waals surface area contributed by atoms with Gasteiger partial charge in [0.2, 0.25) is 5.88 Å². The summed E-state index contributed by atoms with van der Waals surface area (Å²) in [5, 5.41) is 13.1. The van der Waals surface area contributed by atoms with Crippen LogP contribution in [0.4, 0.5) is 23.4 Å². The second-order valence-electron chi connectivity index (χ2n) is 9.34. The highest BCUT2D eigenvalue weighted by atomic mass is 19.3. The number of nitrogens with zero attached hydrogens (tertiary/aromatic N) is 4. The van der Waals surface area contributed by atoms with Crippen LogP contribution in [-0.2, 0) is 10.7 Å². The van der Waals surface area contributed by atoms with Gasteiger partial charge in [0.25, 0.3) is 5.91 Å². The molecule has 1 aliphatic heterocycles. The molecule has 1 aliphatic rings. The third-order valence-corrected chi connectivity index (χ3v) is 6.94. The SMILES string of the molecule is COc1nc2ncnc(N[C@H](C)c3cccc(C(F)(F)[C@H](C)O)c3F)c2cc1C1CCN(C(=O)CF)CC1. The zero-order valence-corrected chi connectivity index (χ0v) is 21.2. The maximum absolute atomic E-state index is 15.2. The smallest absolute Gasteiger partial charge is 0.301 e. The molecule has 12 heteroatoms. The number of alkyl halides is 3. The van der Waals surface area contributed by atoms with Gasteiger partial charge in [-0.1, -0.05) is 12.1 Å². The molecule has 1 fully saturated rings. The molecule has 1 saturated heterocycles. The number of methoxy groups -OCH3 is 1. The lowest BCUT2D eigenvalue weighted by Gasteiger charge is -2.32. The first-order valence-corrected chi connectivity index (χ1v) is 12.2. The minimum atomic E-state index is -3.76. The van der Waals surface area contributed by atoms with Gasteiger partial charge in [-0.25, -0.2) is 18.7 Å². The van der Waals surface area contributed by atoms with Crippen LogP contribution in [0, 0.1) is 5.82 Å². The molecule has 0 radical (unpaired) electrons. The van der Waals surface area contributed by atoms with Crippen molar-refractivity contribution in [1.29, 1.82) is 0 Å². The fourth-order valence-electron chi connectivity index (χ4n) is 4.73. The number of likely N-dealkylation sites (tertiary alicyclic amines) is 1. The molecule has 204 valence electrons. The number of ether oxygens (including phenoxy) is 1. The number of fused-ring (bicyclic) bond motifs is 1. The molecule has 2 aromatic heterocycles. The van der Waals surface area contributed by atoms with Crippen molar-refractivity contribution in [2.45, 2.75) is 50.7 Å². The second-order valence-corrected chi connectivity index (χ2v) is 9.34. The van der Waals surface area contributed by atoms with Crippen LogP contribution in [0.1, 0.15) is 55.3 Å². The quantitative estimate of drug-likeness (QED) is 0.410. The number of pyridine rings is 1. The molecule has 1 aromatic carbocycles. The van der Waals surface area contributed by atoms with Gasteiger partial charge in [0.1, 0.15) is 24.1 Å². The summed E-state index contributed by atoms with van der Waals surface area (Å²) in [4.78, 5) is 26.2. The van der Waals surface area contributed by atoms with Gasteiger partial charge in [-0.3, -0.25) is 4.79 Å². The first kappa shape index (κ1) is 27.5. The Labute approximate surface area is 217 Å². The van der Waals surface area contributed by atoms with E-state index in [0.717, 1.165) is 18.6 Å². The van der Waals surface area contributed by atoms with Crippen molar-refractivity contribution in [3.05, 3.63) is 53.1 Å². The van der Waals surface area contributed by atoms with Crippen LogP contribution >= 0.6 is 0 Å². The molecule has 1 amide bonds. The van der Waals surface area contributed by atoms with Gasteiger partial charge < -0.3 is 20.1 Å². The summed E-state index contributed by atoms with van der Waals surface area (Å²) in [6.45, 7) is 2.27. The molecule has 0 spiro atoms. The Morgan fingerprint density at radius 3 is 2.61 bits per heavy atom. The zero-order valence-electron chi connectivity index (χ0n) is 21.2. The summed E-state index contributed by atoms with van der Waals surface area (Å²) < 4.78 is 62.3. The predicted octanol–water partition coefficient (Wildman–Crippen LogP) is 4.49. The van der Waals surface area contributed by atoms with E-state index in [4.69, 9.17) is 4.74 Å². The summed E-state index contributed by atoms with van der Waals surface area (Å²) in [5.74, 6) is -4.76. The Morgan fingerprint density at radius 1 is 1.26 bits per heavy atom. The van der Waals surface area contributed by atoms with E-state index >= 15 is 4.39 Å². The Bertz CT molecular complexity index is 1320. The van der Waals surface area contributed by atoms with Crippen LogP contribution < -0.4 is 10.1 Å². The summed E-state index contributed by atoms with van der Waals surface area (Å²) in [6, 6.07) is 4.69. The van der Waals surface area contributed by atoms with E-state index in [1.807, 2.05) is 6.07 Å². The van der Waals surface area contributed by atoms with Crippen molar-refractivity contribution < 1.29 is 32.2 Å². The van der Waals surface area contributed by atoms with Crippen molar-refractivity contribution in [1.82, 2.24) is 19.9 Å². The fraction of sp³-hybridized carbons (Fsp3) is 0.462. The van der Waals surface area contributed by atoms with Crippen LogP contribution in [0.25, 0.3) is 11.0 Å². The third-order valence-electron chi connectivity index (χ3n) is 6.94. The molecule has 2 N–H and O–H groups in total. The highest BCUT2D eigenvalue weighted by Crippen LogP contribution is 2.38. The molecule has 3 aromatic rings. The molecule has 0 unspecified atom stereocenters. The number of hydrogen-bond donors (Lipinski definition) is 2. The Kier molecular flexibility index (Phi) is 8.00. The third kappa shape index (κ3) is 5.22. The van der Waals surface area contributed by atoms with Gasteiger partial charge in [-0.05, 0) is 44.7 Å². The molecule has 0 aliphatic carbocycles. The average Bonchev–Trinajstić information content (AvgIpc) is 2.92. The molecule has 8 nitrogen and oxygen atoms in total. The van der Waals surface area contributed by atoms with E-state index in [9.17, 15) is 23.1 Å². The van der Waals surface area contributed by atoms with Crippen LogP contribution in [0.5, 0.6) is 5.88 Å². The summed E-state index contributed by atoms with van der Waals surface area (Å²) in [5.41, 5.74) is 0.163. The lowest BCUT2D eigenvalue weighted by molar-refractivity contribution is -0.133. The first-order valence-electron chi connectivity index (χ1n) is 12.2. The predicted molar refractivity (Wildman–Crippen MR) is 132 cm³/mol. The minimum Gasteiger partial charge on any atom is -0.481 e. The molecule has 4 rings (SSSR count). The number of aliphatic hydroxyl groups is 1. The zero-order chi connectivity index (χ0) is 27.6. The van der Waals surface area contributed by atoms with E-state index in [1.54, 1.807) is 6.92 Å². The topological polar surface area (TPSA) is 100 Å². The minimum absolute atomic E-state index is 0.0205. The van der Waals surface area contributed by atoms with E-state index < -0.39 is 42.0 Å². The van der Waals surface area contributed by atoms with E-state index in [1.165, 1.54) is 30.5 Å². The number of piperidine rings is 1. The number of rotatable bonds is 8. The van der Waals surface area contributed by atoms with E-state index in [2.05, 4.69) is 20.3 Å². The first-order chi connectivity index (χ1) is 18.1. The number of amides is 1. The van der Waals surface area contributed by atoms with Crippen LogP contribution in [0.15, 0.2) is 30.6 Å². The Balaban J connectivity index is 1.66. The summed E-state index contributed by atoms with van der Waals surface area (Å²) in [6.07, 6.45) is 0.372. The Hall–Kier alpha value is -3.54. The maximum atomic E-state index is 15.2. The van der Waals surface area contributed by atoms with Crippen LogP contribution in [-0.4, -0.2) is 63.8 Å². The van der Waals surface area contributed by atoms with Crippen LogP contribution in [0.2, 0.25) is 0 Å². The standard InChI is InChI=1S/C26H29F4N5O3/c1-14(17-5-4-6-20(22(17)28)26(29,30)15(2)36)33-23-19-11-18(25(38-3)34-24(19)32-13-31-23)16-7-9-35(10-8-16)21(37)12-27/h4-6,11,13-16,36H,7-10,12H2,1-3H3,(H,31,32,33,34)/t14-,15+/m1/s1. The van der Waals surface area contributed by atoms with Gasteiger partial charge >= 0.3 is 5.92 Å². The number of carbonyl (C=O) groups excluding carboxylic acids is 1. The highest BCUT2D eigenvalue weighted by Gasteiger charge is 2.40. The fourth-order valence-corrected chi connectivity index (χ4v) is 4.73. The molecule has 3 heterocycles. The van der Waals surface area contributed by atoms with Gasteiger partial charge in [-0.15, -0.1) is 0 Å². The summed E-state index contributed by atoms with van der Waals surface area (Å²) in [7, 11) is 1.49. The number of aromatic nitrogens is 3. The number of nitrogens with one attached hydrogen (secondary N) is 1. The van der Waals surface area contributed by atoms with Gasteiger partial charge in [0.05, 0.1) is 24.1 Å². The molecular weight excluding hydrogens is 506 g/mol. The van der Waals surface area contributed by atoms with Crippen molar-refractivity contribution in [3.63, 3.8) is 0 Å². The highest BCUT2D eigenvalue weighted by molar-refractivity contribution is 5.87. The Morgan fingerprint density at radius 2 is 1.97 bits per heavy atom. The monoisotopic (exact) mass is 535 g/mol. The average molecular weight is 536 g/mol. The lowest BCUT2D eigenvalue weighted by Crippen LogP contribution is -2.38. The van der Waals surface area contributed by atoms with Gasteiger partial charge in [0, 0.05) is 24.2 Å². The van der Waals surface area contributed by atoms with Crippen molar-refractivity contribution in [2.24, 2.45) is 0 Å². The lowest BCUT2D eigenvalue weighted by atomic mass is 9.89.